The van der Waals surface area contributed by atoms with E-state index in [1.807, 2.05) is 27.7 Å². The van der Waals surface area contributed by atoms with Crippen LogP contribution in [0.1, 0.15) is 80.1 Å². The zero-order chi connectivity index (χ0) is 20.0. The van der Waals surface area contributed by atoms with E-state index in [9.17, 15) is 9.59 Å². The standard InChI is InChI=1S/C20H38N2O3S/c1-7-20(6,21-26)12-14-25-19(4,5)11-10-17(23)22-13-8-9-16(22)18(24)15(2)3/h15-16,21,26H,7-14H2,1-6H3. The van der Waals surface area contributed by atoms with Crippen molar-refractivity contribution in [3.8, 4) is 0 Å². The maximum atomic E-state index is 12.7. The first kappa shape index (κ1) is 23.4. The number of ether oxygens (including phenoxy) is 1. The van der Waals surface area contributed by atoms with Gasteiger partial charge in [0.05, 0.1) is 11.6 Å². The van der Waals surface area contributed by atoms with Crippen LogP contribution in [0.2, 0.25) is 0 Å². The summed E-state index contributed by atoms with van der Waals surface area (Å²) in [5.74, 6) is 0.236. The number of rotatable bonds is 11. The van der Waals surface area contributed by atoms with E-state index in [1.165, 1.54) is 0 Å². The molecule has 1 heterocycles. The summed E-state index contributed by atoms with van der Waals surface area (Å²) in [5, 5.41) is 0. The molecule has 6 heteroatoms. The van der Waals surface area contributed by atoms with Crippen LogP contribution >= 0.6 is 12.8 Å². The summed E-state index contributed by atoms with van der Waals surface area (Å²) in [6.45, 7) is 13.4. The Bertz CT molecular complexity index is 476. The average Bonchev–Trinajstić information content (AvgIpc) is 3.08. The lowest BCUT2D eigenvalue weighted by molar-refractivity contribution is -0.139. The molecule has 1 N–H and O–H groups in total. The lowest BCUT2D eigenvalue weighted by Gasteiger charge is -2.31. The molecule has 0 radical (unpaired) electrons. The van der Waals surface area contributed by atoms with Crippen molar-refractivity contribution in [3.63, 3.8) is 0 Å². The molecule has 1 saturated heterocycles. The van der Waals surface area contributed by atoms with Crippen LogP contribution in [0.4, 0.5) is 0 Å². The van der Waals surface area contributed by atoms with Crippen molar-refractivity contribution >= 4 is 24.5 Å². The van der Waals surface area contributed by atoms with Gasteiger partial charge in [-0.2, -0.15) is 0 Å². The molecule has 0 saturated carbocycles. The van der Waals surface area contributed by atoms with Gasteiger partial charge < -0.3 is 9.64 Å². The Morgan fingerprint density at radius 3 is 2.46 bits per heavy atom. The molecule has 1 aliphatic heterocycles. The quantitative estimate of drug-likeness (QED) is 0.531. The van der Waals surface area contributed by atoms with E-state index in [-0.39, 0.29) is 34.8 Å². The average molecular weight is 387 g/mol. The summed E-state index contributed by atoms with van der Waals surface area (Å²) in [5.41, 5.74) is -0.410. The van der Waals surface area contributed by atoms with E-state index in [0.29, 0.717) is 26.0 Å². The zero-order valence-electron chi connectivity index (χ0n) is 17.4. The van der Waals surface area contributed by atoms with Crippen molar-refractivity contribution in [3.05, 3.63) is 0 Å². The van der Waals surface area contributed by atoms with E-state index >= 15 is 0 Å². The maximum Gasteiger partial charge on any atom is 0.223 e. The molecular weight excluding hydrogens is 348 g/mol. The van der Waals surface area contributed by atoms with Crippen LogP contribution in [-0.4, -0.2) is 46.9 Å². The molecule has 1 aliphatic rings. The molecule has 0 spiro atoms. The predicted molar refractivity (Wildman–Crippen MR) is 109 cm³/mol. The van der Waals surface area contributed by atoms with Gasteiger partial charge in [-0.3, -0.25) is 14.3 Å². The number of amides is 1. The highest BCUT2D eigenvalue weighted by atomic mass is 32.1. The first-order chi connectivity index (χ1) is 12.0. The number of carbonyl (C=O) groups excluding carboxylic acids is 2. The molecule has 2 unspecified atom stereocenters. The molecule has 5 nitrogen and oxygen atoms in total. The smallest absolute Gasteiger partial charge is 0.223 e. The van der Waals surface area contributed by atoms with Gasteiger partial charge in [0.2, 0.25) is 5.91 Å². The van der Waals surface area contributed by atoms with E-state index in [1.54, 1.807) is 4.90 Å². The van der Waals surface area contributed by atoms with E-state index in [2.05, 4.69) is 31.4 Å². The number of ketones is 1. The van der Waals surface area contributed by atoms with E-state index in [0.717, 1.165) is 25.7 Å². The lowest BCUT2D eigenvalue weighted by atomic mass is 9.96. The summed E-state index contributed by atoms with van der Waals surface area (Å²) in [6.07, 6.45) is 4.63. The monoisotopic (exact) mass is 386 g/mol. The molecule has 2 atom stereocenters. The number of hydrogen-bond acceptors (Lipinski definition) is 5. The molecule has 0 aliphatic carbocycles. The van der Waals surface area contributed by atoms with Gasteiger partial charge in [-0.1, -0.05) is 33.6 Å². The second-order valence-corrected chi connectivity index (χ2v) is 8.91. The predicted octanol–water partition coefficient (Wildman–Crippen LogP) is 3.77. The first-order valence-electron chi connectivity index (χ1n) is 9.93. The number of thiol groups is 1. The topological polar surface area (TPSA) is 58.6 Å². The Morgan fingerprint density at radius 1 is 1.27 bits per heavy atom. The number of hydrogen-bond donors (Lipinski definition) is 2. The summed E-state index contributed by atoms with van der Waals surface area (Å²) < 4.78 is 9.09. The second-order valence-electron chi connectivity index (χ2n) is 8.69. The van der Waals surface area contributed by atoms with Crippen LogP contribution < -0.4 is 4.72 Å². The van der Waals surface area contributed by atoms with Crippen molar-refractivity contribution in [2.45, 2.75) is 97.2 Å². The third-order valence-electron chi connectivity index (χ3n) is 5.61. The van der Waals surface area contributed by atoms with Crippen molar-refractivity contribution < 1.29 is 14.3 Å². The highest BCUT2D eigenvalue weighted by Crippen LogP contribution is 2.25. The van der Waals surface area contributed by atoms with Crippen LogP contribution in [0.25, 0.3) is 0 Å². The van der Waals surface area contributed by atoms with Crippen molar-refractivity contribution in [1.82, 2.24) is 9.62 Å². The van der Waals surface area contributed by atoms with Crippen LogP contribution in [0.5, 0.6) is 0 Å². The van der Waals surface area contributed by atoms with Gasteiger partial charge in [0.15, 0.2) is 5.78 Å². The molecule has 152 valence electrons. The van der Waals surface area contributed by atoms with E-state index < -0.39 is 0 Å². The largest absolute Gasteiger partial charge is 0.375 e. The highest BCUT2D eigenvalue weighted by molar-refractivity contribution is 7.78. The number of nitrogens with one attached hydrogen (secondary N) is 1. The van der Waals surface area contributed by atoms with Gasteiger partial charge in [0.25, 0.3) is 0 Å². The Hall–Kier alpha value is -0.590. The molecule has 0 aromatic rings. The number of carbonyl (C=O) groups is 2. The molecule has 26 heavy (non-hydrogen) atoms. The first-order valence-corrected chi connectivity index (χ1v) is 10.4. The maximum absolute atomic E-state index is 12.7. The Morgan fingerprint density at radius 2 is 1.92 bits per heavy atom. The molecule has 1 rings (SSSR count). The Labute approximate surface area is 165 Å². The molecule has 0 bridgehead atoms. The van der Waals surface area contributed by atoms with Crippen molar-refractivity contribution in [2.24, 2.45) is 5.92 Å². The summed E-state index contributed by atoms with van der Waals surface area (Å²) in [4.78, 5) is 26.8. The number of nitrogens with zero attached hydrogens (tertiary/aromatic N) is 1. The third kappa shape index (κ3) is 6.86. The minimum atomic E-state index is -0.363. The molecule has 0 aromatic carbocycles. The molecule has 1 fully saturated rings. The SMILES string of the molecule is CCC(C)(CCOC(C)(C)CCC(=O)N1CCCC1C(=O)C(C)C)NS. The highest BCUT2D eigenvalue weighted by Gasteiger charge is 2.35. The number of Topliss-reactive ketones (excluding diaryl/α,β-unsaturated/α-hetero) is 1. The molecule has 0 aromatic heterocycles. The zero-order valence-corrected chi connectivity index (χ0v) is 18.3. The van der Waals surface area contributed by atoms with Gasteiger partial charge >= 0.3 is 0 Å². The van der Waals surface area contributed by atoms with Crippen LogP contribution in [0.15, 0.2) is 0 Å². The van der Waals surface area contributed by atoms with Gasteiger partial charge in [0.1, 0.15) is 0 Å². The third-order valence-corrected chi connectivity index (χ3v) is 6.15. The molecule has 1 amide bonds. The van der Waals surface area contributed by atoms with Gasteiger partial charge in [-0.15, -0.1) is 0 Å². The van der Waals surface area contributed by atoms with E-state index in [4.69, 9.17) is 4.74 Å². The summed E-state index contributed by atoms with van der Waals surface area (Å²) in [6, 6.07) is -0.224. The fourth-order valence-corrected chi connectivity index (χ4v) is 3.50. The van der Waals surface area contributed by atoms with Crippen molar-refractivity contribution in [2.75, 3.05) is 13.2 Å². The van der Waals surface area contributed by atoms with Gasteiger partial charge in [0, 0.05) is 31.0 Å². The minimum Gasteiger partial charge on any atom is -0.375 e. The van der Waals surface area contributed by atoms with Gasteiger partial charge in [-0.25, -0.2) is 0 Å². The summed E-state index contributed by atoms with van der Waals surface area (Å²) in [7, 11) is 0. The van der Waals surface area contributed by atoms with Crippen molar-refractivity contribution in [1.29, 1.82) is 0 Å². The number of likely N-dealkylation sites (tertiary alicyclic amines) is 1. The minimum absolute atomic E-state index is 0.0264. The second kappa shape index (κ2) is 10.1. The van der Waals surface area contributed by atoms with Crippen LogP contribution in [0, 0.1) is 5.92 Å². The molecular formula is C20H38N2O3S. The normalized spacial score (nSPS) is 20.5. The lowest BCUT2D eigenvalue weighted by Crippen LogP contribution is -2.43. The van der Waals surface area contributed by atoms with Crippen LogP contribution in [0.3, 0.4) is 0 Å². The fourth-order valence-electron chi connectivity index (χ4n) is 3.23. The van der Waals surface area contributed by atoms with Gasteiger partial charge in [-0.05, 0) is 52.9 Å². The fraction of sp³-hybridized carbons (Fsp3) is 0.900. The summed E-state index contributed by atoms with van der Waals surface area (Å²) >= 11 is 4.20. The Kier molecular flexibility index (Phi) is 9.10. The Balaban J connectivity index is 2.48. The van der Waals surface area contributed by atoms with Crippen LogP contribution in [-0.2, 0) is 14.3 Å².